The number of aromatic amines is 1. The molecule has 0 unspecified atom stereocenters. The Morgan fingerprint density at radius 1 is 1.27 bits per heavy atom. The first-order valence-corrected chi connectivity index (χ1v) is 11.7. The van der Waals surface area contributed by atoms with E-state index < -0.39 is 5.97 Å². The van der Waals surface area contributed by atoms with E-state index >= 15 is 0 Å². The number of nitrogens with zero attached hydrogens (tertiary/aromatic N) is 1. The van der Waals surface area contributed by atoms with Gasteiger partial charge in [0.05, 0.1) is 24.4 Å². The van der Waals surface area contributed by atoms with E-state index in [1.54, 1.807) is 0 Å². The zero-order valence-electron chi connectivity index (χ0n) is 18.9. The molecule has 0 aliphatic carbocycles. The van der Waals surface area contributed by atoms with Gasteiger partial charge in [0.25, 0.3) is 0 Å². The van der Waals surface area contributed by atoms with Crippen LogP contribution in [-0.2, 0) is 11.2 Å². The molecule has 1 aliphatic rings. The minimum atomic E-state index is -0.447. The van der Waals surface area contributed by atoms with Crippen LogP contribution < -0.4 is 16.2 Å². The predicted molar refractivity (Wildman–Crippen MR) is 132 cm³/mol. The summed E-state index contributed by atoms with van der Waals surface area (Å²) < 4.78 is 10.8. The SMILES string of the molecule is COc1cc(N)c(Cl)cc1C(=O)OCC1CCN(C[C@@H](N)Cc2c[nH]c3ccccc23)CC1. The molecule has 0 spiro atoms. The molecular weight excluding hydrogens is 440 g/mol. The third-order valence-electron chi connectivity index (χ3n) is 6.35. The van der Waals surface area contributed by atoms with Gasteiger partial charge in [-0.1, -0.05) is 29.8 Å². The Bertz CT molecular complexity index is 1110. The lowest BCUT2D eigenvalue weighted by Gasteiger charge is -2.33. The highest BCUT2D eigenvalue weighted by atomic mass is 35.5. The van der Waals surface area contributed by atoms with Crippen LogP contribution in [0.15, 0.2) is 42.6 Å². The number of ether oxygens (including phenoxy) is 2. The Labute approximate surface area is 199 Å². The van der Waals surface area contributed by atoms with Crippen LogP contribution >= 0.6 is 11.6 Å². The average molecular weight is 471 g/mol. The summed E-state index contributed by atoms with van der Waals surface area (Å²) in [5.41, 5.74) is 15.3. The zero-order chi connectivity index (χ0) is 23.4. The van der Waals surface area contributed by atoms with Gasteiger partial charge in [0.1, 0.15) is 11.3 Å². The standard InChI is InChI=1S/C25H31ClN4O3/c1-32-24-12-22(28)21(26)11-20(24)25(31)33-15-16-6-8-30(9-7-16)14-18(27)10-17-13-29-23-5-3-2-4-19(17)23/h2-5,11-13,16,18,29H,6-10,14-15,27-28H2,1H3/t18-/m0/s1. The van der Waals surface area contributed by atoms with Gasteiger partial charge < -0.3 is 30.8 Å². The average Bonchev–Trinajstić information content (AvgIpc) is 3.22. The number of likely N-dealkylation sites (tertiary alicyclic amines) is 1. The largest absolute Gasteiger partial charge is 0.496 e. The summed E-state index contributed by atoms with van der Waals surface area (Å²) in [7, 11) is 1.48. The first-order valence-electron chi connectivity index (χ1n) is 11.3. The van der Waals surface area contributed by atoms with Crippen molar-refractivity contribution in [2.75, 3.05) is 39.1 Å². The highest BCUT2D eigenvalue weighted by Crippen LogP contribution is 2.30. The minimum absolute atomic E-state index is 0.0707. The maximum absolute atomic E-state index is 12.6. The number of methoxy groups -OCH3 is 1. The van der Waals surface area contributed by atoms with Crippen molar-refractivity contribution in [3.05, 3.63) is 58.7 Å². The van der Waals surface area contributed by atoms with Crippen molar-refractivity contribution in [3.63, 3.8) is 0 Å². The first kappa shape index (κ1) is 23.4. The molecule has 5 N–H and O–H groups in total. The summed E-state index contributed by atoms with van der Waals surface area (Å²) in [5, 5.41) is 1.55. The molecule has 1 saturated heterocycles. The third-order valence-corrected chi connectivity index (χ3v) is 6.67. The van der Waals surface area contributed by atoms with Crippen molar-refractivity contribution >= 4 is 34.2 Å². The Morgan fingerprint density at radius 3 is 2.79 bits per heavy atom. The fourth-order valence-corrected chi connectivity index (χ4v) is 4.65. The van der Waals surface area contributed by atoms with Gasteiger partial charge in [-0.3, -0.25) is 0 Å². The number of benzene rings is 2. The fourth-order valence-electron chi connectivity index (χ4n) is 4.48. The molecule has 3 aromatic rings. The number of H-pyrrole nitrogens is 1. The molecule has 8 heteroatoms. The van der Waals surface area contributed by atoms with Gasteiger partial charge in [-0.2, -0.15) is 0 Å². The number of carbonyl (C=O) groups is 1. The summed E-state index contributed by atoms with van der Waals surface area (Å²) in [4.78, 5) is 18.3. The molecule has 2 heterocycles. The number of carbonyl (C=O) groups excluding carboxylic acids is 1. The summed E-state index contributed by atoms with van der Waals surface area (Å²) in [5.74, 6) is 0.239. The lowest BCUT2D eigenvalue weighted by molar-refractivity contribution is 0.0367. The van der Waals surface area contributed by atoms with Crippen LogP contribution in [0.2, 0.25) is 5.02 Å². The number of nitrogens with two attached hydrogens (primary N) is 2. The second-order valence-electron chi connectivity index (χ2n) is 8.74. The number of esters is 1. The number of nitrogens with one attached hydrogen (secondary N) is 1. The number of aromatic nitrogens is 1. The van der Waals surface area contributed by atoms with Crippen LogP contribution in [0.3, 0.4) is 0 Å². The number of anilines is 1. The van der Waals surface area contributed by atoms with Crippen LogP contribution in [0.5, 0.6) is 5.75 Å². The number of hydrogen-bond donors (Lipinski definition) is 3. The molecule has 4 rings (SSSR count). The minimum Gasteiger partial charge on any atom is -0.496 e. The van der Waals surface area contributed by atoms with E-state index in [2.05, 4.69) is 34.3 Å². The molecule has 1 fully saturated rings. The summed E-state index contributed by atoms with van der Waals surface area (Å²) in [6.07, 6.45) is 4.83. The van der Waals surface area contributed by atoms with E-state index in [1.807, 2.05) is 6.07 Å². The van der Waals surface area contributed by atoms with E-state index in [0.29, 0.717) is 29.0 Å². The molecule has 1 aromatic heterocycles. The van der Waals surface area contributed by atoms with E-state index in [0.717, 1.165) is 44.4 Å². The first-order chi connectivity index (χ1) is 15.9. The van der Waals surface area contributed by atoms with Gasteiger partial charge >= 0.3 is 5.97 Å². The van der Waals surface area contributed by atoms with Crippen molar-refractivity contribution in [2.24, 2.45) is 11.7 Å². The monoisotopic (exact) mass is 470 g/mol. The topological polar surface area (TPSA) is 107 Å². The maximum atomic E-state index is 12.6. The van der Waals surface area contributed by atoms with Crippen LogP contribution in [0.1, 0.15) is 28.8 Å². The van der Waals surface area contributed by atoms with Crippen molar-refractivity contribution in [1.29, 1.82) is 0 Å². The lowest BCUT2D eigenvalue weighted by Crippen LogP contribution is -2.43. The molecule has 0 saturated carbocycles. The van der Waals surface area contributed by atoms with Crippen LogP contribution in [0.25, 0.3) is 10.9 Å². The Morgan fingerprint density at radius 2 is 2.03 bits per heavy atom. The van der Waals surface area contributed by atoms with Gasteiger partial charge in [-0.15, -0.1) is 0 Å². The Hall–Kier alpha value is -2.74. The summed E-state index contributed by atoms with van der Waals surface area (Å²) in [6.45, 7) is 3.12. The molecule has 0 amide bonds. The highest BCUT2D eigenvalue weighted by Gasteiger charge is 2.23. The lowest BCUT2D eigenvalue weighted by atomic mass is 9.97. The number of fused-ring (bicyclic) bond motifs is 1. The maximum Gasteiger partial charge on any atom is 0.341 e. The summed E-state index contributed by atoms with van der Waals surface area (Å²) in [6, 6.07) is 11.4. The smallest absolute Gasteiger partial charge is 0.341 e. The normalized spacial score (nSPS) is 16.1. The van der Waals surface area contributed by atoms with Crippen molar-refractivity contribution in [3.8, 4) is 5.75 Å². The van der Waals surface area contributed by atoms with Gasteiger partial charge in [0.15, 0.2) is 0 Å². The molecule has 176 valence electrons. The molecule has 2 aromatic carbocycles. The number of para-hydroxylation sites is 1. The van der Waals surface area contributed by atoms with Crippen LogP contribution in [0, 0.1) is 5.92 Å². The number of halogens is 1. The fraction of sp³-hybridized carbons (Fsp3) is 0.400. The van der Waals surface area contributed by atoms with Gasteiger partial charge in [-0.05, 0) is 56.0 Å². The van der Waals surface area contributed by atoms with Crippen LogP contribution in [-0.4, -0.2) is 55.2 Å². The molecule has 33 heavy (non-hydrogen) atoms. The van der Waals surface area contributed by atoms with E-state index in [-0.39, 0.29) is 11.6 Å². The number of nitrogen functional groups attached to an aromatic ring is 1. The van der Waals surface area contributed by atoms with E-state index in [4.69, 9.17) is 32.5 Å². The molecule has 1 aliphatic heterocycles. The van der Waals surface area contributed by atoms with E-state index in [9.17, 15) is 4.79 Å². The van der Waals surface area contributed by atoms with Crippen molar-refractivity contribution < 1.29 is 14.3 Å². The van der Waals surface area contributed by atoms with Crippen molar-refractivity contribution in [1.82, 2.24) is 9.88 Å². The number of piperidine rings is 1. The molecule has 7 nitrogen and oxygen atoms in total. The van der Waals surface area contributed by atoms with Gasteiger partial charge in [-0.25, -0.2) is 4.79 Å². The van der Waals surface area contributed by atoms with Gasteiger partial charge in [0.2, 0.25) is 0 Å². The number of hydrogen-bond acceptors (Lipinski definition) is 6. The molecule has 1 atom stereocenters. The highest BCUT2D eigenvalue weighted by molar-refractivity contribution is 6.33. The van der Waals surface area contributed by atoms with Crippen molar-refractivity contribution in [2.45, 2.75) is 25.3 Å². The zero-order valence-corrected chi connectivity index (χ0v) is 19.6. The predicted octanol–water partition coefficient (Wildman–Crippen LogP) is 3.85. The third kappa shape index (κ3) is 5.61. The van der Waals surface area contributed by atoms with Crippen LogP contribution in [0.4, 0.5) is 5.69 Å². The number of rotatable bonds is 8. The Balaban J connectivity index is 1.23. The van der Waals surface area contributed by atoms with Gasteiger partial charge in [0, 0.05) is 35.8 Å². The quantitative estimate of drug-likeness (QED) is 0.341. The second-order valence-corrected chi connectivity index (χ2v) is 9.15. The second kappa shape index (κ2) is 10.5. The molecule has 0 radical (unpaired) electrons. The van der Waals surface area contributed by atoms with E-state index in [1.165, 1.54) is 30.2 Å². The Kier molecular flexibility index (Phi) is 7.42. The molecular formula is C25H31ClN4O3. The summed E-state index contributed by atoms with van der Waals surface area (Å²) >= 11 is 6.06. The molecule has 0 bridgehead atoms.